The second-order valence-corrected chi connectivity index (χ2v) is 14.8. The van der Waals surface area contributed by atoms with Crippen molar-refractivity contribution in [2.24, 2.45) is 10.8 Å². The van der Waals surface area contributed by atoms with E-state index in [0.29, 0.717) is 24.0 Å². The molecule has 0 aliphatic heterocycles. The van der Waals surface area contributed by atoms with E-state index in [4.69, 9.17) is 9.47 Å². The Morgan fingerprint density at radius 3 is 1.33 bits per heavy atom. The van der Waals surface area contributed by atoms with E-state index >= 15 is 0 Å². The Balaban J connectivity index is 1.98. The zero-order chi connectivity index (χ0) is 38.5. The third-order valence-corrected chi connectivity index (χ3v) is 9.14. The van der Waals surface area contributed by atoms with Gasteiger partial charge in [0, 0.05) is 26.2 Å². The molecule has 0 unspecified atom stereocenters. The molecule has 0 aromatic rings. The molecule has 0 aromatic carbocycles. The van der Waals surface area contributed by atoms with Crippen molar-refractivity contribution in [2.75, 3.05) is 0 Å². The van der Waals surface area contributed by atoms with Gasteiger partial charge in [-0.2, -0.15) is 0 Å². The fraction of sp³-hybridized carbons (Fsp3) is 0.422. The number of allylic oxidation sites excluding steroid dienone is 20. The predicted octanol–water partition coefficient (Wildman–Crippen LogP) is 10.4. The topological polar surface area (TPSA) is 86.7 Å². The van der Waals surface area contributed by atoms with Crippen molar-refractivity contribution in [1.29, 1.82) is 0 Å². The molecule has 2 aliphatic rings. The molecule has 0 N–H and O–H groups in total. The third kappa shape index (κ3) is 13.2. The van der Waals surface area contributed by atoms with Crippen molar-refractivity contribution in [3.05, 3.63) is 130 Å². The van der Waals surface area contributed by atoms with Gasteiger partial charge in [-0.3, -0.25) is 19.2 Å². The lowest BCUT2D eigenvalue weighted by Crippen LogP contribution is -2.38. The van der Waals surface area contributed by atoms with Gasteiger partial charge >= 0.3 is 11.9 Å². The van der Waals surface area contributed by atoms with Gasteiger partial charge in [-0.15, -0.1) is 0 Å². The number of carbonyl (C=O) groups excluding carboxylic acids is 4. The highest BCUT2D eigenvalue weighted by Gasteiger charge is 2.40. The highest BCUT2D eigenvalue weighted by Crippen LogP contribution is 2.42. The van der Waals surface area contributed by atoms with Gasteiger partial charge in [0.15, 0.2) is 23.8 Å². The van der Waals surface area contributed by atoms with Crippen LogP contribution in [0.3, 0.4) is 0 Å². The molecule has 0 saturated heterocycles. The van der Waals surface area contributed by atoms with Gasteiger partial charge in [0.2, 0.25) is 0 Å². The van der Waals surface area contributed by atoms with Gasteiger partial charge in [0.25, 0.3) is 0 Å². The summed E-state index contributed by atoms with van der Waals surface area (Å²) in [5, 5.41) is 0. The van der Waals surface area contributed by atoms with E-state index in [2.05, 4.69) is 27.7 Å². The van der Waals surface area contributed by atoms with E-state index in [1.54, 1.807) is 13.8 Å². The maximum atomic E-state index is 12.9. The summed E-state index contributed by atoms with van der Waals surface area (Å²) >= 11 is 0. The smallest absolute Gasteiger partial charge is 0.306 e. The Hall–Kier alpha value is -4.58. The van der Waals surface area contributed by atoms with Crippen LogP contribution in [0.5, 0.6) is 0 Å². The first-order chi connectivity index (χ1) is 23.8. The first-order valence-corrected chi connectivity index (χ1v) is 17.7. The Morgan fingerprint density at radius 1 is 0.608 bits per heavy atom. The lowest BCUT2D eigenvalue weighted by molar-refractivity contribution is -0.155. The number of esters is 2. The summed E-state index contributed by atoms with van der Waals surface area (Å²) in [5.41, 5.74) is 6.95. The maximum absolute atomic E-state index is 12.9. The molecule has 0 amide bonds. The van der Waals surface area contributed by atoms with Crippen LogP contribution in [0.4, 0.5) is 0 Å². The molecular weight excluding hydrogens is 636 g/mol. The van der Waals surface area contributed by atoms with Gasteiger partial charge in [-0.25, -0.2) is 0 Å². The van der Waals surface area contributed by atoms with Crippen LogP contribution in [0.2, 0.25) is 0 Å². The Labute approximate surface area is 306 Å². The summed E-state index contributed by atoms with van der Waals surface area (Å²) in [7, 11) is 0. The van der Waals surface area contributed by atoms with Crippen molar-refractivity contribution < 1.29 is 28.7 Å². The molecule has 2 rings (SSSR count). The fourth-order valence-electron chi connectivity index (χ4n) is 6.20. The van der Waals surface area contributed by atoms with E-state index in [9.17, 15) is 19.2 Å². The van der Waals surface area contributed by atoms with Crippen molar-refractivity contribution in [1.82, 2.24) is 0 Å². The van der Waals surface area contributed by atoms with Crippen LogP contribution in [-0.2, 0) is 28.7 Å². The molecule has 0 aromatic heterocycles. The lowest BCUT2D eigenvalue weighted by Gasteiger charge is -2.36. The van der Waals surface area contributed by atoms with Crippen LogP contribution >= 0.6 is 0 Å². The summed E-state index contributed by atoms with van der Waals surface area (Å²) in [6.45, 7) is 23.1. The van der Waals surface area contributed by atoms with E-state index in [0.717, 1.165) is 33.4 Å². The van der Waals surface area contributed by atoms with Crippen molar-refractivity contribution >= 4 is 23.5 Å². The molecular formula is C45H58O6. The second kappa shape index (κ2) is 19.1. The minimum atomic E-state index is -0.719. The molecule has 274 valence electrons. The molecule has 0 saturated carbocycles. The molecule has 6 heteroatoms. The zero-order valence-corrected chi connectivity index (χ0v) is 32.8. The number of Topliss-reactive ketones (excluding diaryl/α,β-unsaturated/α-hetero) is 2. The molecule has 0 bridgehead atoms. The number of carbonyl (C=O) groups is 4. The van der Waals surface area contributed by atoms with Gasteiger partial charge in [0.1, 0.15) is 0 Å². The highest BCUT2D eigenvalue weighted by atomic mass is 16.5. The van der Waals surface area contributed by atoms with Crippen LogP contribution < -0.4 is 0 Å². The predicted molar refractivity (Wildman–Crippen MR) is 209 cm³/mol. The number of hydrogen-bond donors (Lipinski definition) is 0. The standard InChI is InChI=1S/C45H58O6/c1-13-41(47)51-40-29-45(11,12)38(35(7)43(40)49)27-25-33(5)23-17-21-31(3)19-15-14-18-30(2)20-16-22-32(4)24-26-37-34(6)42(48)39(50-36(8)46)28-44(37,9)10/h14-27,39-40H,13,28-29H2,1-12H3/b15-14+,20-16+,21-17+,26-24+,27-25+,30-18+,31-19+,32-22+,33-23+/t39-,40-/m0/s1. The summed E-state index contributed by atoms with van der Waals surface area (Å²) in [5.74, 6) is -1.03. The highest BCUT2D eigenvalue weighted by molar-refractivity contribution is 6.02. The number of hydrogen-bond acceptors (Lipinski definition) is 6. The van der Waals surface area contributed by atoms with Crippen LogP contribution in [0.1, 0.15) is 102 Å². The molecule has 0 fully saturated rings. The lowest BCUT2D eigenvalue weighted by atomic mass is 9.71. The van der Waals surface area contributed by atoms with E-state index in [-0.39, 0.29) is 34.8 Å². The van der Waals surface area contributed by atoms with Crippen molar-refractivity contribution in [3.8, 4) is 0 Å². The van der Waals surface area contributed by atoms with Crippen LogP contribution in [-0.4, -0.2) is 35.7 Å². The van der Waals surface area contributed by atoms with Gasteiger partial charge in [-0.1, -0.05) is 142 Å². The van der Waals surface area contributed by atoms with Crippen LogP contribution in [0.15, 0.2) is 130 Å². The van der Waals surface area contributed by atoms with Crippen LogP contribution in [0, 0.1) is 10.8 Å². The monoisotopic (exact) mass is 694 g/mol. The normalized spacial score (nSPS) is 22.5. The van der Waals surface area contributed by atoms with Gasteiger partial charge < -0.3 is 9.47 Å². The number of ketones is 2. The molecule has 0 heterocycles. The first kappa shape index (κ1) is 42.6. The van der Waals surface area contributed by atoms with Crippen molar-refractivity contribution in [2.45, 2.75) is 115 Å². The minimum Gasteiger partial charge on any atom is -0.454 e. The summed E-state index contributed by atoms with van der Waals surface area (Å²) < 4.78 is 10.7. The van der Waals surface area contributed by atoms with Gasteiger partial charge in [0.05, 0.1) is 0 Å². The average Bonchev–Trinajstić information content (AvgIpc) is 3.03. The summed E-state index contributed by atoms with van der Waals surface area (Å²) in [6.07, 6.45) is 28.1. The number of rotatable bonds is 13. The Kier molecular flexibility index (Phi) is 16.0. The SMILES string of the molecule is CCC(=O)O[C@H]1CC(C)(C)C(/C=C/C(C)=C/C=C/C(C)=C/C=C/C=C(C)/C=C/C=C(C)/C=C/C2=C(C)C(=O)[C@@H](OC(C)=O)CC2(C)C)=C(C)C1=O. The summed E-state index contributed by atoms with van der Waals surface area (Å²) in [6, 6.07) is 0. The molecule has 6 nitrogen and oxygen atoms in total. The molecule has 2 atom stereocenters. The Morgan fingerprint density at radius 2 is 0.961 bits per heavy atom. The zero-order valence-electron chi connectivity index (χ0n) is 32.8. The quantitative estimate of drug-likeness (QED) is 0.141. The van der Waals surface area contributed by atoms with E-state index < -0.39 is 18.2 Å². The molecule has 0 radical (unpaired) electrons. The number of ether oxygens (including phenoxy) is 2. The molecule has 2 aliphatic carbocycles. The molecule has 0 spiro atoms. The van der Waals surface area contributed by atoms with Gasteiger partial charge in [-0.05, 0) is 74.7 Å². The largest absolute Gasteiger partial charge is 0.454 e. The third-order valence-electron chi connectivity index (χ3n) is 9.14. The van der Waals surface area contributed by atoms with E-state index in [1.165, 1.54) is 6.92 Å². The van der Waals surface area contributed by atoms with Crippen molar-refractivity contribution in [3.63, 3.8) is 0 Å². The van der Waals surface area contributed by atoms with E-state index in [1.807, 2.05) is 120 Å². The first-order valence-electron chi connectivity index (χ1n) is 17.7. The van der Waals surface area contributed by atoms with Crippen LogP contribution in [0.25, 0.3) is 0 Å². The second-order valence-electron chi connectivity index (χ2n) is 14.8. The minimum absolute atomic E-state index is 0.117. The fourth-order valence-corrected chi connectivity index (χ4v) is 6.20. The summed E-state index contributed by atoms with van der Waals surface area (Å²) in [4.78, 5) is 48.9. The average molecular weight is 695 g/mol. The Bertz CT molecular complexity index is 1700. The maximum Gasteiger partial charge on any atom is 0.306 e. The molecule has 51 heavy (non-hydrogen) atoms.